The molecule has 25 heavy (non-hydrogen) atoms. The Balaban J connectivity index is 0. The Kier molecular flexibility index (Phi) is 22.2. The summed E-state index contributed by atoms with van der Waals surface area (Å²) >= 11 is 0. The smallest absolute Gasteiger partial charge is 0.379 e. The van der Waals surface area contributed by atoms with Gasteiger partial charge >= 0.3 is 7.82 Å². The van der Waals surface area contributed by atoms with Crippen molar-refractivity contribution in [3.8, 4) is 0 Å². The largest absolute Gasteiger partial charge is 0.466 e. The number of unbranched alkanes of at least 4 members (excludes halogenated alkanes) is 13. The lowest BCUT2D eigenvalue weighted by Crippen LogP contribution is -2.26. The first kappa shape index (κ1) is 27.3. The third-order valence-electron chi connectivity index (χ3n) is 3.97. The highest BCUT2D eigenvalue weighted by atomic mass is 31.2. The summed E-state index contributed by atoms with van der Waals surface area (Å²) in [6.45, 7) is 5.02. The summed E-state index contributed by atoms with van der Waals surface area (Å²) in [5.74, 6) is 0. The van der Waals surface area contributed by atoms with E-state index in [1.165, 1.54) is 89.9 Å². The van der Waals surface area contributed by atoms with Crippen LogP contribution in [0.15, 0.2) is 0 Å². The quantitative estimate of drug-likeness (QED) is 0.153. The molecule has 0 aliphatic rings. The minimum absolute atomic E-state index is 0.350. The van der Waals surface area contributed by atoms with Gasteiger partial charge in [-0.3, -0.25) is 5.32 Å². The highest BCUT2D eigenvalue weighted by molar-refractivity contribution is 7.45. The summed E-state index contributed by atoms with van der Waals surface area (Å²) in [6, 6.07) is 0. The Hall–Kier alpha value is 0.0300. The predicted molar refractivity (Wildman–Crippen MR) is 104 cm³/mol. The van der Waals surface area contributed by atoms with Crippen LogP contribution in [0.4, 0.5) is 0 Å². The van der Waals surface area contributed by atoms with Crippen molar-refractivity contribution in [1.82, 2.24) is 5.32 Å². The van der Waals surface area contributed by atoms with Gasteiger partial charge in [0.05, 0.1) is 0 Å². The van der Waals surface area contributed by atoms with Gasteiger partial charge in [0.15, 0.2) is 0 Å². The fraction of sp³-hybridized carbons (Fsp3) is 1.00. The van der Waals surface area contributed by atoms with Gasteiger partial charge in [-0.05, 0) is 19.9 Å². The third kappa shape index (κ3) is 40.2. The van der Waals surface area contributed by atoms with Gasteiger partial charge in [-0.25, -0.2) is 4.57 Å². The number of aliphatic hydroxyl groups excluding tert-OH is 1. The molecule has 0 aromatic rings. The Labute approximate surface area is 154 Å². The second kappa shape index (κ2) is 20.3. The van der Waals surface area contributed by atoms with Crippen molar-refractivity contribution >= 4 is 7.82 Å². The summed E-state index contributed by atoms with van der Waals surface area (Å²) in [5, 5.41) is 12.1. The monoisotopic (exact) mass is 383 g/mol. The van der Waals surface area contributed by atoms with Crippen LogP contribution in [0.25, 0.3) is 0 Å². The lowest BCUT2D eigenvalue weighted by atomic mass is 10.0. The Bertz CT molecular complexity index is 289. The van der Waals surface area contributed by atoms with Crippen LogP contribution in [0.2, 0.25) is 0 Å². The average Bonchev–Trinajstić information content (AvgIpc) is 2.49. The van der Waals surface area contributed by atoms with Crippen molar-refractivity contribution in [3.63, 3.8) is 0 Å². The van der Waals surface area contributed by atoms with Crippen LogP contribution >= 0.6 is 7.82 Å². The van der Waals surface area contributed by atoms with E-state index in [0.29, 0.717) is 0 Å². The molecular weight excluding hydrogens is 341 g/mol. The van der Waals surface area contributed by atoms with Crippen molar-refractivity contribution in [1.29, 1.82) is 0 Å². The molecule has 0 fully saturated rings. The zero-order valence-electron chi connectivity index (χ0n) is 16.3. The average molecular weight is 384 g/mol. The molecule has 0 aliphatic heterocycles. The maximum Gasteiger partial charge on any atom is 0.466 e. The second-order valence-corrected chi connectivity index (χ2v) is 7.77. The molecule has 0 heterocycles. The van der Waals surface area contributed by atoms with Crippen molar-refractivity contribution in [2.45, 2.75) is 110 Å². The molecule has 6 nitrogen and oxygen atoms in total. The summed E-state index contributed by atoms with van der Waals surface area (Å²) in [5.41, 5.74) is 0. The molecule has 0 amide bonds. The zero-order chi connectivity index (χ0) is 19.4. The van der Waals surface area contributed by atoms with Gasteiger partial charge in [-0.1, -0.05) is 90.4 Å². The molecule has 7 heteroatoms. The van der Waals surface area contributed by atoms with E-state index in [0.717, 1.165) is 6.54 Å². The Morgan fingerprint density at radius 2 is 1.00 bits per heavy atom. The van der Waals surface area contributed by atoms with Crippen molar-refractivity contribution in [3.05, 3.63) is 0 Å². The molecule has 0 rings (SSSR count). The summed E-state index contributed by atoms with van der Waals surface area (Å²) in [4.78, 5) is 21.6. The van der Waals surface area contributed by atoms with Gasteiger partial charge in [0.25, 0.3) is 0 Å². The number of aliphatic hydroxyl groups is 1. The number of phosphoric acid groups is 1. The summed E-state index contributed by atoms with van der Waals surface area (Å²) in [7, 11) is -4.64. The van der Waals surface area contributed by atoms with Gasteiger partial charge in [0.1, 0.15) is 6.23 Å². The molecule has 0 bridgehead atoms. The fourth-order valence-corrected chi connectivity index (χ4v) is 2.63. The summed E-state index contributed by atoms with van der Waals surface area (Å²) in [6.07, 6.45) is 19.2. The molecule has 154 valence electrons. The van der Waals surface area contributed by atoms with E-state index < -0.39 is 7.82 Å². The van der Waals surface area contributed by atoms with E-state index in [4.69, 9.17) is 24.4 Å². The van der Waals surface area contributed by atoms with Crippen LogP contribution in [0.3, 0.4) is 0 Å². The first-order valence-corrected chi connectivity index (χ1v) is 11.5. The third-order valence-corrected chi connectivity index (χ3v) is 3.97. The topological polar surface area (TPSA) is 110 Å². The van der Waals surface area contributed by atoms with E-state index >= 15 is 0 Å². The number of hydrogen-bond acceptors (Lipinski definition) is 3. The van der Waals surface area contributed by atoms with E-state index in [-0.39, 0.29) is 6.23 Å². The molecule has 1 atom stereocenters. The molecule has 5 N–H and O–H groups in total. The van der Waals surface area contributed by atoms with E-state index in [9.17, 15) is 0 Å². The first-order chi connectivity index (χ1) is 11.8. The molecule has 0 aliphatic carbocycles. The van der Waals surface area contributed by atoms with Gasteiger partial charge in [-0.15, -0.1) is 0 Å². The molecule has 0 radical (unpaired) electrons. The van der Waals surface area contributed by atoms with Crippen molar-refractivity contribution in [2.24, 2.45) is 0 Å². The van der Waals surface area contributed by atoms with E-state index in [1.54, 1.807) is 6.92 Å². The highest BCUT2D eigenvalue weighted by Gasteiger charge is 2.00. The normalized spacial score (nSPS) is 12.6. The lowest BCUT2D eigenvalue weighted by molar-refractivity contribution is 0.156. The predicted octanol–water partition coefficient (Wildman–Crippen LogP) is 4.47. The molecule has 0 spiro atoms. The molecule has 0 aromatic carbocycles. The van der Waals surface area contributed by atoms with Gasteiger partial charge in [0.2, 0.25) is 0 Å². The molecule has 0 saturated heterocycles. The maximum absolute atomic E-state index is 9.05. The highest BCUT2D eigenvalue weighted by Crippen LogP contribution is 2.25. The summed E-state index contributed by atoms with van der Waals surface area (Å²) < 4.78 is 8.88. The van der Waals surface area contributed by atoms with Gasteiger partial charge in [-0.2, -0.15) is 0 Å². The minimum Gasteiger partial charge on any atom is -0.379 e. The maximum atomic E-state index is 9.05. The van der Waals surface area contributed by atoms with Crippen LogP contribution < -0.4 is 5.32 Å². The van der Waals surface area contributed by atoms with Crippen LogP contribution in [-0.4, -0.2) is 32.6 Å². The van der Waals surface area contributed by atoms with Crippen LogP contribution in [0.1, 0.15) is 104 Å². The number of hydrogen-bond donors (Lipinski definition) is 5. The van der Waals surface area contributed by atoms with Crippen molar-refractivity contribution < 1.29 is 24.4 Å². The van der Waals surface area contributed by atoms with Gasteiger partial charge in [0, 0.05) is 0 Å². The van der Waals surface area contributed by atoms with Gasteiger partial charge < -0.3 is 19.8 Å². The lowest BCUT2D eigenvalue weighted by Gasteiger charge is -2.06. The van der Waals surface area contributed by atoms with E-state index in [1.807, 2.05) is 0 Å². The second-order valence-electron chi connectivity index (χ2n) is 6.74. The Morgan fingerprint density at radius 3 is 1.28 bits per heavy atom. The zero-order valence-corrected chi connectivity index (χ0v) is 17.2. The van der Waals surface area contributed by atoms with Crippen molar-refractivity contribution in [2.75, 3.05) is 6.54 Å². The van der Waals surface area contributed by atoms with E-state index in [2.05, 4.69) is 12.2 Å². The van der Waals surface area contributed by atoms with Crippen LogP contribution in [0, 0.1) is 0 Å². The molecular formula is C18H42NO5P. The standard InChI is InChI=1S/C18H39NO.H3O4P/c1-3-4-5-6-7-8-9-10-11-12-13-14-15-16-17-19-18(2)20;1-5(2,3)4/h18-20H,3-17H2,1-2H3;(H3,1,2,3,4). The minimum atomic E-state index is -4.64. The Morgan fingerprint density at radius 1 is 0.720 bits per heavy atom. The number of nitrogens with one attached hydrogen (secondary N) is 1. The fourth-order valence-electron chi connectivity index (χ4n) is 2.63. The van der Waals surface area contributed by atoms with Crippen LogP contribution in [-0.2, 0) is 4.57 Å². The SMILES string of the molecule is CCCCCCCCCCCCCCCCNC(C)O.O=P(O)(O)O. The number of rotatable bonds is 16. The van der Waals surface area contributed by atoms with Crippen LogP contribution in [0.5, 0.6) is 0 Å². The molecule has 0 aromatic heterocycles. The molecule has 0 saturated carbocycles. The first-order valence-electron chi connectivity index (χ1n) is 9.97. The molecule has 1 unspecified atom stereocenters.